The molecule has 0 spiro atoms. The van der Waals surface area contributed by atoms with Gasteiger partial charge in [0.15, 0.2) is 18.1 Å². The Morgan fingerprint density at radius 1 is 1.04 bits per heavy atom. The van der Waals surface area contributed by atoms with Crippen molar-refractivity contribution in [1.82, 2.24) is 5.32 Å². The van der Waals surface area contributed by atoms with Gasteiger partial charge in [-0.05, 0) is 35.9 Å². The normalized spacial score (nSPS) is 11.0. The smallest absolute Gasteiger partial charge is 0.416 e. The molecule has 0 atom stereocenters. The molecule has 5 nitrogen and oxygen atoms in total. The molecule has 26 heavy (non-hydrogen) atoms. The molecule has 2 rings (SSSR count). The summed E-state index contributed by atoms with van der Waals surface area (Å²) in [5.41, 5.74) is -0.0594. The minimum atomic E-state index is -4.46. The largest absolute Gasteiger partial charge is 0.493 e. The number of hydrogen-bond acceptors (Lipinski definition) is 4. The summed E-state index contributed by atoms with van der Waals surface area (Å²) in [4.78, 5) is 11.8. The van der Waals surface area contributed by atoms with Gasteiger partial charge in [0, 0.05) is 6.54 Å². The van der Waals surface area contributed by atoms with Gasteiger partial charge < -0.3 is 19.5 Å². The molecule has 140 valence electrons. The first-order chi connectivity index (χ1) is 12.3. The lowest BCUT2D eigenvalue weighted by Gasteiger charge is -2.12. The topological polar surface area (TPSA) is 56.8 Å². The molecule has 0 heterocycles. The lowest BCUT2D eigenvalue weighted by Crippen LogP contribution is -2.28. The summed E-state index contributed by atoms with van der Waals surface area (Å²) in [5, 5.41) is 2.62. The quantitative estimate of drug-likeness (QED) is 0.813. The highest BCUT2D eigenvalue weighted by molar-refractivity contribution is 5.77. The summed E-state index contributed by atoms with van der Waals surface area (Å²) in [6.07, 6.45) is -4.46. The van der Waals surface area contributed by atoms with E-state index in [9.17, 15) is 18.0 Å². The van der Waals surface area contributed by atoms with Crippen LogP contribution in [0.4, 0.5) is 13.2 Å². The average Bonchev–Trinajstić information content (AvgIpc) is 2.64. The Balaban J connectivity index is 1.88. The maximum absolute atomic E-state index is 12.6. The summed E-state index contributed by atoms with van der Waals surface area (Å²) >= 11 is 0. The highest BCUT2D eigenvalue weighted by atomic mass is 19.4. The zero-order valence-corrected chi connectivity index (χ0v) is 14.2. The van der Waals surface area contributed by atoms with Crippen molar-refractivity contribution in [2.24, 2.45) is 0 Å². The molecule has 0 unspecified atom stereocenters. The molecule has 0 bridgehead atoms. The van der Waals surface area contributed by atoms with Gasteiger partial charge in [-0.2, -0.15) is 13.2 Å². The lowest BCUT2D eigenvalue weighted by atomic mass is 10.2. The predicted octanol–water partition coefficient (Wildman–Crippen LogP) is 3.42. The van der Waals surface area contributed by atoms with Crippen molar-refractivity contribution in [3.8, 4) is 17.2 Å². The van der Waals surface area contributed by atoms with Crippen LogP contribution in [0.5, 0.6) is 17.2 Å². The molecule has 0 saturated heterocycles. The van der Waals surface area contributed by atoms with Gasteiger partial charge >= 0.3 is 6.18 Å². The summed E-state index contributed by atoms with van der Waals surface area (Å²) < 4.78 is 53.3. The second-order valence-electron chi connectivity index (χ2n) is 5.28. The maximum Gasteiger partial charge on any atom is 0.416 e. The number of ether oxygens (including phenoxy) is 3. The van der Waals surface area contributed by atoms with Crippen LogP contribution in [0.15, 0.2) is 42.5 Å². The van der Waals surface area contributed by atoms with E-state index < -0.39 is 24.3 Å². The first-order valence-corrected chi connectivity index (χ1v) is 7.61. The summed E-state index contributed by atoms with van der Waals surface area (Å²) in [5.74, 6) is 0.605. The molecule has 8 heteroatoms. The van der Waals surface area contributed by atoms with Gasteiger partial charge in [-0.3, -0.25) is 4.79 Å². The molecule has 0 saturated carbocycles. The van der Waals surface area contributed by atoms with Gasteiger partial charge in [0.05, 0.1) is 19.8 Å². The second-order valence-corrected chi connectivity index (χ2v) is 5.28. The van der Waals surface area contributed by atoms with Crippen molar-refractivity contribution >= 4 is 5.91 Å². The van der Waals surface area contributed by atoms with Crippen LogP contribution >= 0.6 is 0 Å². The van der Waals surface area contributed by atoms with E-state index in [1.165, 1.54) is 26.4 Å². The first kappa shape index (κ1) is 19.4. The minimum Gasteiger partial charge on any atom is -0.493 e. The molecular weight excluding hydrogens is 351 g/mol. The molecule has 0 fully saturated rings. The molecule has 0 radical (unpaired) electrons. The molecule has 1 amide bonds. The number of amides is 1. The molecular formula is C18H18F3NO4. The van der Waals surface area contributed by atoms with E-state index in [0.717, 1.165) is 17.7 Å². The SMILES string of the molecule is COc1ccc(CNC(=O)COc2cccc(C(F)(F)F)c2)cc1OC. The Morgan fingerprint density at radius 2 is 1.77 bits per heavy atom. The summed E-state index contributed by atoms with van der Waals surface area (Å²) in [6.45, 7) is -0.181. The third kappa shape index (κ3) is 5.30. The minimum absolute atomic E-state index is 0.0268. The fourth-order valence-electron chi connectivity index (χ4n) is 2.15. The summed E-state index contributed by atoms with van der Waals surface area (Å²) in [6, 6.07) is 9.55. The number of carbonyl (C=O) groups is 1. The van der Waals surface area contributed by atoms with E-state index in [2.05, 4.69) is 5.32 Å². The van der Waals surface area contributed by atoms with E-state index >= 15 is 0 Å². The molecule has 2 aromatic carbocycles. The van der Waals surface area contributed by atoms with Crippen LogP contribution in [0.25, 0.3) is 0 Å². The number of carbonyl (C=O) groups excluding carboxylic acids is 1. The van der Waals surface area contributed by atoms with Gasteiger partial charge in [-0.25, -0.2) is 0 Å². The molecule has 2 aromatic rings. The third-order valence-corrected chi connectivity index (χ3v) is 3.47. The van der Waals surface area contributed by atoms with E-state index in [-0.39, 0.29) is 12.3 Å². The number of nitrogens with one attached hydrogen (secondary N) is 1. The van der Waals surface area contributed by atoms with Gasteiger partial charge in [-0.15, -0.1) is 0 Å². The third-order valence-electron chi connectivity index (χ3n) is 3.47. The van der Waals surface area contributed by atoms with Gasteiger partial charge in [0.25, 0.3) is 5.91 Å². The predicted molar refractivity (Wildman–Crippen MR) is 88.3 cm³/mol. The van der Waals surface area contributed by atoms with Crippen molar-refractivity contribution in [3.05, 3.63) is 53.6 Å². The molecule has 0 aliphatic rings. The summed E-state index contributed by atoms with van der Waals surface area (Å²) in [7, 11) is 3.02. The van der Waals surface area contributed by atoms with Crippen LogP contribution < -0.4 is 19.5 Å². The number of rotatable bonds is 7. The second kappa shape index (κ2) is 8.46. The van der Waals surface area contributed by atoms with Gasteiger partial charge in [-0.1, -0.05) is 12.1 Å². The molecule has 1 N–H and O–H groups in total. The lowest BCUT2D eigenvalue weighted by molar-refractivity contribution is -0.137. The van der Waals surface area contributed by atoms with E-state index in [0.29, 0.717) is 11.5 Å². The van der Waals surface area contributed by atoms with Crippen LogP contribution in [0.1, 0.15) is 11.1 Å². The van der Waals surface area contributed by atoms with Crippen LogP contribution in [-0.2, 0) is 17.5 Å². The highest BCUT2D eigenvalue weighted by Gasteiger charge is 2.30. The Labute approximate surface area is 148 Å². The number of hydrogen-bond donors (Lipinski definition) is 1. The standard InChI is InChI=1S/C18H18F3NO4/c1-24-15-7-6-12(8-16(15)25-2)10-22-17(23)11-26-14-5-3-4-13(9-14)18(19,20)21/h3-9H,10-11H2,1-2H3,(H,22,23). The maximum atomic E-state index is 12.6. The molecule has 0 aliphatic carbocycles. The molecule has 0 aliphatic heterocycles. The Hall–Kier alpha value is -2.90. The Morgan fingerprint density at radius 3 is 2.42 bits per heavy atom. The van der Waals surface area contributed by atoms with Crippen LogP contribution in [0.3, 0.4) is 0 Å². The van der Waals surface area contributed by atoms with Crippen molar-refractivity contribution in [2.75, 3.05) is 20.8 Å². The number of alkyl halides is 3. The van der Waals surface area contributed by atoms with Gasteiger partial charge in [0.1, 0.15) is 5.75 Å². The van der Waals surface area contributed by atoms with Crippen LogP contribution in [-0.4, -0.2) is 26.7 Å². The number of halogens is 3. The zero-order chi connectivity index (χ0) is 19.2. The van der Waals surface area contributed by atoms with E-state index in [4.69, 9.17) is 14.2 Å². The zero-order valence-electron chi connectivity index (χ0n) is 14.2. The van der Waals surface area contributed by atoms with Crippen molar-refractivity contribution in [3.63, 3.8) is 0 Å². The van der Waals surface area contributed by atoms with E-state index in [1.54, 1.807) is 18.2 Å². The Kier molecular flexibility index (Phi) is 6.32. The highest BCUT2D eigenvalue weighted by Crippen LogP contribution is 2.31. The van der Waals surface area contributed by atoms with Gasteiger partial charge in [0.2, 0.25) is 0 Å². The number of methoxy groups -OCH3 is 2. The van der Waals surface area contributed by atoms with Crippen molar-refractivity contribution < 1.29 is 32.2 Å². The van der Waals surface area contributed by atoms with Crippen molar-refractivity contribution in [2.45, 2.75) is 12.7 Å². The number of benzene rings is 2. The van der Waals surface area contributed by atoms with Crippen molar-refractivity contribution in [1.29, 1.82) is 0 Å². The van der Waals surface area contributed by atoms with Crippen LogP contribution in [0.2, 0.25) is 0 Å². The molecule has 0 aromatic heterocycles. The van der Waals surface area contributed by atoms with E-state index in [1.807, 2.05) is 0 Å². The fourth-order valence-corrected chi connectivity index (χ4v) is 2.15. The van der Waals surface area contributed by atoms with Crippen LogP contribution in [0, 0.1) is 0 Å². The fraction of sp³-hybridized carbons (Fsp3) is 0.278. The first-order valence-electron chi connectivity index (χ1n) is 7.61. The Bertz CT molecular complexity index is 762. The monoisotopic (exact) mass is 369 g/mol. The average molecular weight is 369 g/mol.